The molecule has 0 spiro atoms. The van der Waals surface area contributed by atoms with Gasteiger partial charge in [0, 0.05) is 24.2 Å². The highest BCUT2D eigenvalue weighted by atomic mass is 32.2. The fourth-order valence-electron chi connectivity index (χ4n) is 5.10. The van der Waals surface area contributed by atoms with Crippen LogP contribution in [0.4, 0.5) is 9.18 Å². The Bertz CT molecular complexity index is 1430. The molecular weight excluding hydrogens is 539 g/mol. The molecule has 9 nitrogen and oxygen atoms in total. The van der Waals surface area contributed by atoms with Crippen LogP contribution in [0.2, 0.25) is 0 Å². The number of carboxylic acid groups (broad SMARTS) is 1. The second-order valence-corrected chi connectivity index (χ2v) is 11.6. The molecule has 0 aliphatic carbocycles. The molecular formula is C29H31FN2O7S. The van der Waals surface area contributed by atoms with E-state index in [1.54, 1.807) is 12.1 Å². The number of likely N-dealkylation sites (tertiary alicyclic amines) is 1. The van der Waals surface area contributed by atoms with Crippen LogP contribution in [0, 0.1) is 5.82 Å². The maximum absolute atomic E-state index is 13.7. The number of nitrogens with zero attached hydrogens (tertiary/aromatic N) is 2. The summed E-state index contributed by atoms with van der Waals surface area (Å²) in [5.74, 6) is 0.965. The van der Waals surface area contributed by atoms with Gasteiger partial charge in [0.05, 0.1) is 4.90 Å². The van der Waals surface area contributed by atoms with Crippen molar-refractivity contribution in [1.29, 1.82) is 0 Å². The predicted octanol–water partition coefficient (Wildman–Crippen LogP) is 5.42. The molecule has 0 aromatic heterocycles. The zero-order chi connectivity index (χ0) is 28.1. The van der Waals surface area contributed by atoms with Crippen LogP contribution in [-0.2, 0) is 21.2 Å². The van der Waals surface area contributed by atoms with Crippen molar-refractivity contribution in [2.24, 2.45) is 0 Å². The van der Waals surface area contributed by atoms with E-state index in [0.29, 0.717) is 35.8 Å². The van der Waals surface area contributed by atoms with Gasteiger partial charge in [0.25, 0.3) is 0 Å². The van der Waals surface area contributed by atoms with Crippen LogP contribution in [0.3, 0.4) is 0 Å². The van der Waals surface area contributed by atoms with E-state index in [1.807, 2.05) is 6.07 Å². The second kappa shape index (κ2) is 12.2. The minimum atomic E-state index is -4.15. The number of fused-ring (bicyclic) bond motifs is 1. The van der Waals surface area contributed by atoms with E-state index in [-0.39, 0.29) is 11.4 Å². The lowest BCUT2D eigenvalue weighted by molar-refractivity contribution is -0.00612. The summed E-state index contributed by atoms with van der Waals surface area (Å²) in [6.45, 7) is 3.39. The minimum Gasteiger partial charge on any atom is -0.492 e. The van der Waals surface area contributed by atoms with E-state index in [9.17, 15) is 22.7 Å². The first kappa shape index (κ1) is 27.9. The first-order valence-corrected chi connectivity index (χ1v) is 14.7. The first-order valence-electron chi connectivity index (χ1n) is 13.2. The first-order chi connectivity index (χ1) is 19.3. The monoisotopic (exact) mass is 570 g/mol. The third-order valence-electron chi connectivity index (χ3n) is 7.08. The van der Waals surface area contributed by atoms with E-state index in [0.717, 1.165) is 29.5 Å². The Labute approximate surface area is 232 Å². The fourth-order valence-corrected chi connectivity index (χ4v) is 6.59. The van der Waals surface area contributed by atoms with Crippen LogP contribution in [0.1, 0.15) is 36.6 Å². The van der Waals surface area contributed by atoms with E-state index >= 15 is 0 Å². The summed E-state index contributed by atoms with van der Waals surface area (Å²) in [6, 6.07) is 16.4. The van der Waals surface area contributed by atoms with Crippen LogP contribution < -0.4 is 9.47 Å². The van der Waals surface area contributed by atoms with Gasteiger partial charge < -0.3 is 19.3 Å². The van der Waals surface area contributed by atoms with Crippen molar-refractivity contribution in [3.8, 4) is 17.2 Å². The molecule has 1 N–H and O–H groups in total. The summed E-state index contributed by atoms with van der Waals surface area (Å²) in [6.07, 6.45) is 0.998. The largest absolute Gasteiger partial charge is 0.507 e. The molecule has 0 bridgehead atoms. The molecule has 0 radical (unpaired) electrons. The number of hydrogen-bond donors (Lipinski definition) is 1. The summed E-state index contributed by atoms with van der Waals surface area (Å²) in [4.78, 5) is 14.0. The summed E-state index contributed by atoms with van der Waals surface area (Å²) >= 11 is 0. The molecule has 0 amide bonds. The average Bonchev–Trinajstić information content (AvgIpc) is 2.95. The van der Waals surface area contributed by atoms with Gasteiger partial charge >= 0.3 is 6.16 Å². The lowest BCUT2D eigenvalue weighted by Gasteiger charge is -2.35. The number of carbonyl (C=O) groups is 1. The second-order valence-electron chi connectivity index (χ2n) is 9.70. The molecule has 1 atom stereocenters. The van der Waals surface area contributed by atoms with E-state index in [1.165, 1.54) is 67.8 Å². The molecule has 3 aromatic rings. The molecule has 0 saturated carbocycles. The van der Waals surface area contributed by atoms with E-state index in [2.05, 4.69) is 4.90 Å². The molecule has 2 aliphatic heterocycles. The maximum atomic E-state index is 13.7. The van der Waals surface area contributed by atoms with Crippen LogP contribution in [-0.4, -0.2) is 61.7 Å². The molecule has 11 heteroatoms. The quantitative estimate of drug-likeness (QED) is 0.340. The number of rotatable bonds is 9. The van der Waals surface area contributed by atoms with Crippen molar-refractivity contribution >= 4 is 16.2 Å². The van der Waals surface area contributed by atoms with Gasteiger partial charge in [-0.25, -0.2) is 17.6 Å². The van der Waals surface area contributed by atoms with Gasteiger partial charge in [0.15, 0.2) is 6.23 Å². The molecule has 2 heterocycles. The Balaban J connectivity index is 1.34. The summed E-state index contributed by atoms with van der Waals surface area (Å²) < 4.78 is 58.4. The zero-order valence-electron chi connectivity index (χ0n) is 21.9. The van der Waals surface area contributed by atoms with Crippen LogP contribution >= 0.6 is 0 Å². The standard InChI is InChI=1S/C29H31FN2O7S/c30-21-7-9-22(10-8-21)38-23-11-13-24(14-12-23)40(35,36)32-18-15-25-26(28(32)39-29(33)34)5-4-6-27(25)37-20-19-31-16-2-1-3-17-31/h4-14,28H,1-3,15-20H2,(H,33,34). The third kappa shape index (κ3) is 6.38. The van der Waals surface area contributed by atoms with Crippen LogP contribution in [0.15, 0.2) is 71.6 Å². The Kier molecular flexibility index (Phi) is 8.53. The Morgan fingerprint density at radius 1 is 0.925 bits per heavy atom. The summed E-state index contributed by atoms with van der Waals surface area (Å²) in [7, 11) is -4.15. The lowest BCUT2D eigenvalue weighted by Crippen LogP contribution is -2.42. The molecule has 212 valence electrons. The Morgan fingerprint density at radius 2 is 1.60 bits per heavy atom. The number of benzene rings is 3. The van der Waals surface area contributed by atoms with Gasteiger partial charge in [-0.1, -0.05) is 18.6 Å². The average molecular weight is 571 g/mol. The smallest absolute Gasteiger partial charge is 0.492 e. The number of hydrogen-bond acceptors (Lipinski definition) is 7. The normalized spacial score (nSPS) is 18.1. The number of sulfonamides is 1. The molecule has 5 rings (SSSR count). The highest BCUT2D eigenvalue weighted by Crippen LogP contribution is 2.39. The third-order valence-corrected chi connectivity index (χ3v) is 8.94. The van der Waals surface area contributed by atoms with E-state index < -0.39 is 28.2 Å². The van der Waals surface area contributed by atoms with Gasteiger partial charge in [-0.2, -0.15) is 4.31 Å². The molecule has 1 unspecified atom stereocenters. The number of ether oxygens (including phenoxy) is 3. The van der Waals surface area contributed by atoms with Gasteiger partial charge in [0.2, 0.25) is 10.0 Å². The summed E-state index contributed by atoms with van der Waals surface area (Å²) in [5.41, 5.74) is 1.17. The van der Waals surface area contributed by atoms with Gasteiger partial charge in [0.1, 0.15) is 29.7 Å². The highest BCUT2D eigenvalue weighted by molar-refractivity contribution is 7.89. The van der Waals surface area contributed by atoms with Crippen molar-refractivity contribution in [3.05, 3.63) is 83.7 Å². The number of piperidine rings is 1. The van der Waals surface area contributed by atoms with Gasteiger partial charge in [-0.3, -0.25) is 4.90 Å². The van der Waals surface area contributed by atoms with Crippen LogP contribution in [0.25, 0.3) is 0 Å². The Morgan fingerprint density at radius 3 is 2.27 bits per heavy atom. The zero-order valence-corrected chi connectivity index (χ0v) is 22.7. The van der Waals surface area contributed by atoms with Gasteiger partial charge in [-0.05, 0) is 86.9 Å². The molecule has 2 aliphatic rings. The van der Waals surface area contributed by atoms with Crippen molar-refractivity contribution in [2.45, 2.75) is 36.8 Å². The van der Waals surface area contributed by atoms with Crippen LogP contribution in [0.5, 0.6) is 17.2 Å². The van der Waals surface area contributed by atoms with E-state index in [4.69, 9.17) is 14.2 Å². The molecule has 1 saturated heterocycles. The topological polar surface area (TPSA) is 106 Å². The lowest BCUT2D eigenvalue weighted by atomic mass is 9.98. The highest BCUT2D eigenvalue weighted by Gasteiger charge is 2.40. The minimum absolute atomic E-state index is 0.00755. The molecule has 40 heavy (non-hydrogen) atoms. The maximum Gasteiger partial charge on any atom is 0.507 e. The van der Waals surface area contributed by atoms with Crippen molar-refractivity contribution in [3.63, 3.8) is 0 Å². The predicted molar refractivity (Wildman–Crippen MR) is 145 cm³/mol. The van der Waals surface area contributed by atoms with Crippen molar-refractivity contribution in [1.82, 2.24) is 9.21 Å². The number of halogens is 1. The van der Waals surface area contributed by atoms with Crippen molar-refractivity contribution in [2.75, 3.05) is 32.8 Å². The van der Waals surface area contributed by atoms with Crippen molar-refractivity contribution < 1.29 is 36.9 Å². The Hall–Kier alpha value is -3.67. The molecule has 1 fully saturated rings. The molecule has 3 aromatic carbocycles. The summed E-state index contributed by atoms with van der Waals surface area (Å²) in [5, 5.41) is 9.47. The SMILES string of the molecule is O=C(O)OC1c2cccc(OCCN3CCCCC3)c2CCN1S(=O)(=O)c1ccc(Oc2ccc(F)cc2)cc1. The van der Waals surface area contributed by atoms with Gasteiger partial charge in [-0.15, -0.1) is 0 Å². The fraction of sp³-hybridized carbons (Fsp3) is 0.345.